The maximum absolute atomic E-state index is 12.1. The molecule has 0 aliphatic carbocycles. The number of piperidine rings is 1. The lowest BCUT2D eigenvalue weighted by Gasteiger charge is -2.29. The van der Waals surface area contributed by atoms with Crippen molar-refractivity contribution in [3.63, 3.8) is 0 Å². The van der Waals surface area contributed by atoms with Gasteiger partial charge in [0.15, 0.2) is 0 Å². The summed E-state index contributed by atoms with van der Waals surface area (Å²) < 4.78 is 0. The first-order valence-electron chi connectivity index (χ1n) is 6.43. The molecule has 0 saturated carbocycles. The molecule has 1 saturated heterocycles. The average Bonchev–Trinajstić information content (AvgIpc) is 2.89. The van der Waals surface area contributed by atoms with Crippen LogP contribution < -0.4 is 11.1 Å². The van der Waals surface area contributed by atoms with Gasteiger partial charge in [0.05, 0.1) is 16.3 Å². The van der Waals surface area contributed by atoms with Gasteiger partial charge in [-0.3, -0.25) is 9.59 Å². The number of hydrogen-bond donors (Lipinski definition) is 2. The van der Waals surface area contributed by atoms with E-state index in [4.69, 9.17) is 5.73 Å². The number of nitrogens with zero attached hydrogens (tertiary/aromatic N) is 1. The van der Waals surface area contributed by atoms with Gasteiger partial charge in [-0.05, 0) is 18.6 Å². The number of thiophene rings is 1. The highest BCUT2D eigenvalue weighted by atomic mass is 32.1. The highest BCUT2D eigenvalue weighted by Gasteiger charge is 2.24. The molecule has 2 rings (SSSR count). The van der Waals surface area contributed by atoms with Crippen molar-refractivity contribution < 1.29 is 9.59 Å². The molecule has 1 aromatic heterocycles. The second-order valence-corrected chi connectivity index (χ2v) is 5.74. The van der Waals surface area contributed by atoms with E-state index in [9.17, 15) is 9.59 Å². The van der Waals surface area contributed by atoms with Crippen LogP contribution in [0.5, 0.6) is 0 Å². The quantitative estimate of drug-likeness (QED) is 0.775. The van der Waals surface area contributed by atoms with Crippen molar-refractivity contribution in [1.82, 2.24) is 10.2 Å². The summed E-state index contributed by atoms with van der Waals surface area (Å²) in [6.45, 7) is 0.873. The van der Waals surface area contributed by atoms with E-state index >= 15 is 0 Å². The van der Waals surface area contributed by atoms with Crippen LogP contribution in [0.3, 0.4) is 0 Å². The van der Waals surface area contributed by atoms with Crippen molar-refractivity contribution >= 4 is 23.2 Å². The lowest BCUT2D eigenvalue weighted by molar-refractivity contribution is -0.132. The van der Waals surface area contributed by atoms with Crippen molar-refractivity contribution in [2.75, 3.05) is 20.1 Å². The summed E-state index contributed by atoms with van der Waals surface area (Å²) in [4.78, 5) is 26.6. The minimum absolute atomic E-state index is 0.0193. The molecule has 3 N–H and O–H groups in total. The van der Waals surface area contributed by atoms with Gasteiger partial charge in [-0.25, -0.2) is 0 Å². The van der Waals surface area contributed by atoms with Gasteiger partial charge in [-0.2, -0.15) is 0 Å². The maximum atomic E-state index is 12.1. The summed E-state index contributed by atoms with van der Waals surface area (Å²) in [6.07, 6.45) is 1.18. The number of carbonyl (C=O) groups is 2. The molecule has 20 heavy (non-hydrogen) atoms. The lowest BCUT2D eigenvalue weighted by Crippen LogP contribution is -2.48. The van der Waals surface area contributed by atoms with Crippen LogP contribution in [0.2, 0.25) is 0 Å². The summed E-state index contributed by atoms with van der Waals surface area (Å²) >= 11 is 1.35. The van der Waals surface area contributed by atoms with Crippen molar-refractivity contribution in [3.8, 4) is 11.8 Å². The van der Waals surface area contributed by atoms with Crippen LogP contribution in [0.1, 0.15) is 27.4 Å². The molecule has 0 radical (unpaired) electrons. The molecular formula is C14H17N3O2S. The van der Waals surface area contributed by atoms with E-state index in [2.05, 4.69) is 17.2 Å². The predicted molar refractivity (Wildman–Crippen MR) is 78.4 cm³/mol. The van der Waals surface area contributed by atoms with Crippen LogP contribution in [0.25, 0.3) is 0 Å². The first kappa shape index (κ1) is 14.6. The Morgan fingerprint density at radius 1 is 1.60 bits per heavy atom. The minimum Gasteiger partial charge on any atom is -0.347 e. The fourth-order valence-corrected chi connectivity index (χ4v) is 2.84. The van der Waals surface area contributed by atoms with Gasteiger partial charge < -0.3 is 16.0 Å². The summed E-state index contributed by atoms with van der Waals surface area (Å²) in [7, 11) is 1.76. The van der Waals surface area contributed by atoms with Gasteiger partial charge in [0.1, 0.15) is 0 Å². The van der Waals surface area contributed by atoms with Gasteiger partial charge in [0.25, 0.3) is 5.91 Å². The maximum Gasteiger partial charge on any atom is 0.261 e. The fraction of sp³-hybridized carbons (Fsp3) is 0.429. The van der Waals surface area contributed by atoms with Gasteiger partial charge in [-0.1, -0.05) is 11.8 Å². The summed E-state index contributed by atoms with van der Waals surface area (Å²) in [5.74, 6) is 5.69. The Balaban J connectivity index is 1.95. The molecule has 1 fully saturated rings. The normalized spacial score (nSPS) is 18.4. The number of amides is 2. The van der Waals surface area contributed by atoms with E-state index in [0.29, 0.717) is 30.8 Å². The first-order chi connectivity index (χ1) is 9.60. The van der Waals surface area contributed by atoms with E-state index in [1.54, 1.807) is 18.0 Å². The van der Waals surface area contributed by atoms with Crippen LogP contribution >= 0.6 is 11.3 Å². The lowest BCUT2D eigenvalue weighted by atomic mass is 10.1. The van der Waals surface area contributed by atoms with E-state index in [0.717, 1.165) is 4.88 Å². The number of hydrogen-bond acceptors (Lipinski definition) is 4. The van der Waals surface area contributed by atoms with Crippen LogP contribution in [0.15, 0.2) is 12.1 Å². The van der Waals surface area contributed by atoms with Crippen LogP contribution in [-0.2, 0) is 4.79 Å². The van der Waals surface area contributed by atoms with E-state index in [1.807, 2.05) is 6.07 Å². The zero-order valence-corrected chi connectivity index (χ0v) is 12.1. The molecule has 1 atom stereocenters. The average molecular weight is 291 g/mol. The van der Waals surface area contributed by atoms with Crippen LogP contribution in [-0.4, -0.2) is 42.9 Å². The van der Waals surface area contributed by atoms with Crippen LogP contribution in [0, 0.1) is 11.8 Å². The van der Waals surface area contributed by atoms with Crippen molar-refractivity contribution in [2.24, 2.45) is 5.73 Å². The highest BCUT2D eigenvalue weighted by Crippen LogP contribution is 2.16. The molecule has 106 valence electrons. The zero-order valence-electron chi connectivity index (χ0n) is 11.3. The van der Waals surface area contributed by atoms with E-state index in [-0.39, 0.29) is 17.9 Å². The van der Waals surface area contributed by atoms with E-state index in [1.165, 1.54) is 11.3 Å². The molecule has 1 aromatic rings. The number of likely N-dealkylation sites (tertiary alicyclic amines) is 1. The summed E-state index contributed by atoms with van der Waals surface area (Å²) in [6, 6.07) is 3.60. The monoisotopic (exact) mass is 291 g/mol. The summed E-state index contributed by atoms with van der Waals surface area (Å²) in [5, 5.41) is 2.96. The second kappa shape index (κ2) is 6.55. The molecule has 0 bridgehead atoms. The third-order valence-electron chi connectivity index (χ3n) is 3.11. The SMILES string of the molecule is CN1CC(NC(=O)c2ccc(C#CCN)s2)CCC1=O. The van der Waals surface area contributed by atoms with Crippen molar-refractivity contribution in [3.05, 3.63) is 21.9 Å². The Hall–Kier alpha value is -1.84. The molecule has 5 nitrogen and oxygen atoms in total. The predicted octanol–water partition coefficient (Wildman–Crippen LogP) is 0.409. The Kier molecular flexibility index (Phi) is 4.77. The van der Waals surface area contributed by atoms with Gasteiger partial charge >= 0.3 is 0 Å². The fourth-order valence-electron chi connectivity index (χ4n) is 2.05. The van der Waals surface area contributed by atoms with Crippen molar-refractivity contribution in [1.29, 1.82) is 0 Å². The Bertz CT molecular complexity index is 570. The van der Waals surface area contributed by atoms with Crippen LogP contribution in [0.4, 0.5) is 0 Å². The molecule has 1 unspecified atom stereocenters. The second-order valence-electron chi connectivity index (χ2n) is 4.65. The number of nitrogens with two attached hydrogens (primary N) is 1. The smallest absolute Gasteiger partial charge is 0.261 e. The zero-order chi connectivity index (χ0) is 14.5. The molecule has 0 spiro atoms. The minimum atomic E-state index is -0.108. The number of likely N-dealkylation sites (N-methyl/N-ethyl adjacent to an activating group) is 1. The molecule has 1 aliphatic heterocycles. The van der Waals surface area contributed by atoms with Gasteiger partial charge in [0, 0.05) is 26.1 Å². The third kappa shape index (κ3) is 3.59. The Morgan fingerprint density at radius 2 is 2.40 bits per heavy atom. The molecule has 0 aromatic carbocycles. The van der Waals surface area contributed by atoms with E-state index < -0.39 is 0 Å². The molecular weight excluding hydrogens is 274 g/mol. The Morgan fingerprint density at radius 3 is 3.10 bits per heavy atom. The largest absolute Gasteiger partial charge is 0.347 e. The highest BCUT2D eigenvalue weighted by molar-refractivity contribution is 7.14. The van der Waals surface area contributed by atoms with Gasteiger partial charge in [0.2, 0.25) is 5.91 Å². The topological polar surface area (TPSA) is 75.4 Å². The Labute approximate surface area is 122 Å². The number of nitrogens with one attached hydrogen (secondary N) is 1. The molecule has 1 aliphatic rings. The molecule has 2 heterocycles. The summed E-state index contributed by atoms with van der Waals surface area (Å²) in [5.41, 5.74) is 5.31. The molecule has 2 amide bonds. The number of rotatable bonds is 2. The first-order valence-corrected chi connectivity index (χ1v) is 7.25. The molecule has 6 heteroatoms. The standard InChI is InChI=1S/C14H17N3O2S/c1-17-9-10(4-7-13(17)18)16-14(19)12-6-5-11(20-12)3-2-8-15/h5-6,10H,4,7-9,15H2,1H3,(H,16,19). The third-order valence-corrected chi connectivity index (χ3v) is 4.10. The van der Waals surface area contributed by atoms with Crippen molar-refractivity contribution in [2.45, 2.75) is 18.9 Å². The van der Waals surface area contributed by atoms with Gasteiger partial charge in [-0.15, -0.1) is 11.3 Å². The number of carbonyl (C=O) groups excluding carboxylic acids is 2.